The first-order valence-electron chi connectivity index (χ1n) is 13.0. The average molecular weight is 611 g/mol. The molecule has 16 heteroatoms. The molecular formula is C27H30O16. The summed E-state index contributed by atoms with van der Waals surface area (Å²) in [5, 5.41) is 112. The van der Waals surface area contributed by atoms with Gasteiger partial charge in [0.15, 0.2) is 22.5 Å². The van der Waals surface area contributed by atoms with Crippen LogP contribution in [0.4, 0.5) is 0 Å². The van der Waals surface area contributed by atoms with Gasteiger partial charge in [0.2, 0.25) is 6.29 Å². The van der Waals surface area contributed by atoms with Crippen molar-refractivity contribution in [1.29, 1.82) is 0 Å². The highest BCUT2D eigenvalue weighted by Gasteiger charge is 2.47. The number of phenolic OH excluding ortho intramolecular Hbond substituents is 3. The summed E-state index contributed by atoms with van der Waals surface area (Å²) in [5.74, 6) is -2.48. The lowest BCUT2D eigenvalue weighted by atomic mass is 9.89. The number of benzene rings is 2. The molecule has 11 N–H and O–H groups in total. The number of aromatic hydroxyl groups is 3. The van der Waals surface area contributed by atoms with Crippen LogP contribution in [0.25, 0.3) is 22.3 Å². The number of rotatable bonds is 6. The van der Waals surface area contributed by atoms with Gasteiger partial charge < -0.3 is 74.8 Å². The molecular weight excluding hydrogens is 580 g/mol. The quantitative estimate of drug-likeness (QED) is 0.135. The SMILES string of the molecule is O=c1cc(-c2ccc(O)c(O[C@@H]3O[C@H](CO)[C@@H](O)[C@@H](O)[C@H]3O)c2)oc2c([C@@H]3O[C@@H](CO)[C@@H](O)[C@H](O)[C@H]3O)c(O)cc(O)c12. The highest BCUT2D eigenvalue weighted by Crippen LogP contribution is 2.44. The van der Waals surface area contributed by atoms with Crippen LogP contribution in [-0.2, 0) is 9.47 Å². The monoisotopic (exact) mass is 610 g/mol. The fourth-order valence-electron chi connectivity index (χ4n) is 5.13. The second kappa shape index (κ2) is 11.9. The summed E-state index contributed by atoms with van der Waals surface area (Å²) in [7, 11) is 0. The predicted molar refractivity (Wildman–Crippen MR) is 140 cm³/mol. The molecule has 2 fully saturated rings. The van der Waals surface area contributed by atoms with Crippen LogP contribution in [0.3, 0.4) is 0 Å². The fourth-order valence-corrected chi connectivity index (χ4v) is 5.13. The summed E-state index contributed by atoms with van der Waals surface area (Å²) in [6.07, 6.45) is -16.6. The van der Waals surface area contributed by atoms with Crippen LogP contribution < -0.4 is 10.2 Å². The van der Waals surface area contributed by atoms with Gasteiger partial charge in [0.25, 0.3) is 0 Å². The molecule has 3 heterocycles. The van der Waals surface area contributed by atoms with E-state index in [2.05, 4.69) is 0 Å². The van der Waals surface area contributed by atoms with E-state index >= 15 is 0 Å². The maximum Gasteiger partial charge on any atom is 0.229 e. The summed E-state index contributed by atoms with van der Waals surface area (Å²) < 4.78 is 22.2. The van der Waals surface area contributed by atoms with Crippen molar-refractivity contribution in [1.82, 2.24) is 0 Å². The molecule has 5 rings (SSSR count). The first kappa shape index (κ1) is 30.9. The van der Waals surface area contributed by atoms with Crippen LogP contribution in [0.1, 0.15) is 11.7 Å². The zero-order valence-electron chi connectivity index (χ0n) is 22.0. The number of hydrogen-bond donors (Lipinski definition) is 11. The molecule has 0 bridgehead atoms. The van der Waals surface area contributed by atoms with E-state index in [1.54, 1.807) is 0 Å². The Hall–Kier alpha value is -3.55. The third-order valence-electron chi connectivity index (χ3n) is 7.51. The Bertz CT molecular complexity index is 1540. The molecule has 3 aromatic rings. The minimum Gasteiger partial charge on any atom is -0.507 e. The van der Waals surface area contributed by atoms with Gasteiger partial charge in [-0.15, -0.1) is 0 Å². The third-order valence-corrected chi connectivity index (χ3v) is 7.51. The van der Waals surface area contributed by atoms with Crippen molar-refractivity contribution in [3.8, 4) is 34.3 Å². The van der Waals surface area contributed by atoms with Crippen molar-refractivity contribution in [3.63, 3.8) is 0 Å². The smallest absolute Gasteiger partial charge is 0.229 e. The van der Waals surface area contributed by atoms with E-state index < -0.39 is 108 Å². The van der Waals surface area contributed by atoms with Crippen molar-refractivity contribution in [2.24, 2.45) is 0 Å². The summed E-state index contributed by atoms with van der Waals surface area (Å²) in [5.41, 5.74) is -1.64. The first-order chi connectivity index (χ1) is 20.4. The average Bonchev–Trinajstić information content (AvgIpc) is 2.97. The molecule has 2 aromatic carbocycles. The van der Waals surface area contributed by atoms with Crippen LogP contribution in [0.15, 0.2) is 39.5 Å². The molecule has 234 valence electrons. The molecule has 16 nitrogen and oxygen atoms in total. The molecule has 2 saturated heterocycles. The van der Waals surface area contributed by atoms with Crippen LogP contribution in [0, 0.1) is 0 Å². The van der Waals surface area contributed by atoms with Crippen molar-refractivity contribution in [2.45, 2.75) is 61.2 Å². The molecule has 2 aliphatic rings. The third kappa shape index (κ3) is 5.38. The van der Waals surface area contributed by atoms with Crippen LogP contribution in [0.2, 0.25) is 0 Å². The lowest BCUT2D eigenvalue weighted by Crippen LogP contribution is -2.60. The van der Waals surface area contributed by atoms with E-state index in [4.69, 9.17) is 18.6 Å². The van der Waals surface area contributed by atoms with Gasteiger partial charge in [-0.2, -0.15) is 0 Å². The highest BCUT2D eigenvalue weighted by atomic mass is 16.7. The van der Waals surface area contributed by atoms with E-state index in [0.717, 1.165) is 24.3 Å². The molecule has 0 aliphatic carbocycles. The van der Waals surface area contributed by atoms with Gasteiger partial charge in [0.1, 0.15) is 77.6 Å². The number of hydrogen-bond acceptors (Lipinski definition) is 16. The summed E-state index contributed by atoms with van der Waals surface area (Å²) >= 11 is 0. The minimum absolute atomic E-state index is 0.0546. The number of aliphatic hydroxyl groups is 8. The van der Waals surface area contributed by atoms with Crippen molar-refractivity contribution >= 4 is 11.0 Å². The molecule has 0 unspecified atom stereocenters. The lowest BCUT2D eigenvalue weighted by Gasteiger charge is -2.40. The fraction of sp³-hybridized carbons (Fsp3) is 0.444. The number of ether oxygens (including phenoxy) is 3. The van der Waals surface area contributed by atoms with Gasteiger partial charge in [-0.1, -0.05) is 0 Å². The maximum atomic E-state index is 13.2. The van der Waals surface area contributed by atoms with Crippen molar-refractivity contribution in [2.75, 3.05) is 13.2 Å². The lowest BCUT2D eigenvalue weighted by molar-refractivity contribution is -0.277. The molecule has 0 spiro atoms. The molecule has 0 radical (unpaired) electrons. The Morgan fingerprint density at radius 3 is 1.98 bits per heavy atom. The first-order valence-corrected chi connectivity index (χ1v) is 13.0. The number of phenols is 3. The molecule has 43 heavy (non-hydrogen) atoms. The van der Waals surface area contributed by atoms with Crippen molar-refractivity contribution in [3.05, 3.63) is 46.1 Å². The maximum absolute atomic E-state index is 13.2. The Labute approximate surface area is 241 Å². The second-order valence-corrected chi connectivity index (χ2v) is 10.3. The Balaban J connectivity index is 1.58. The Morgan fingerprint density at radius 1 is 0.698 bits per heavy atom. The van der Waals surface area contributed by atoms with Gasteiger partial charge in [-0.25, -0.2) is 0 Å². The molecule has 2 aliphatic heterocycles. The predicted octanol–water partition coefficient (Wildman–Crippen LogP) is -2.73. The highest BCUT2D eigenvalue weighted by molar-refractivity contribution is 5.89. The van der Waals surface area contributed by atoms with Gasteiger partial charge in [-0.3, -0.25) is 4.79 Å². The standard InChI is InChI=1S/C27H30O16/c28-6-15-19(34)21(36)23(38)26(41-15)18-11(32)4-10(31)17-12(33)5-13(40-25(17)18)8-1-2-9(30)14(3-8)42-27-24(39)22(37)20(35)16(7-29)43-27/h1-5,15-16,19-24,26-32,34-39H,6-7H2/t15-,16+,19+,20+,21-,22+,23+,24+,26-,27+/m0/s1. The number of fused-ring (bicyclic) bond motifs is 1. The summed E-state index contributed by atoms with van der Waals surface area (Å²) in [4.78, 5) is 13.2. The van der Waals surface area contributed by atoms with Crippen LogP contribution in [-0.4, -0.2) is 125 Å². The van der Waals surface area contributed by atoms with E-state index in [1.165, 1.54) is 6.07 Å². The van der Waals surface area contributed by atoms with Crippen LogP contribution >= 0.6 is 0 Å². The van der Waals surface area contributed by atoms with Gasteiger partial charge in [0, 0.05) is 17.7 Å². The molecule has 0 saturated carbocycles. The molecule has 10 atom stereocenters. The van der Waals surface area contributed by atoms with E-state index in [-0.39, 0.29) is 22.6 Å². The Morgan fingerprint density at radius 2 is 1.33 bits per heavy atom. The van der Waals surface area contributed by atoms with Gasteiger partial charge in [0.05, 0.1) is 18.8 Å². The summed E-state index contributed by atoms with van der Waals surface area (Å²) in [6.45, 7) is -1.51. The van der Waals surface area contributed by atoms with Crippen molar-refractivity contribution < 1.29 is 74.8 Å². The summed E-state index contributed by atoms with van der Waals surface area (Å²) in [6, 6.07) is 5.31. The molecule has 0 amide bonds. The number of aliphatic hydroxyl groups excluding tert-OH is 8. The largest absolute Gasteiger partial charge is 0.507 e. The second-order valence-electron chi connectivity index (χ2n) is 10.3. The van der Waals surface area contributed by atoms with Gasteiger partial charge in [-0.05, 0) is 18.2 Å². The molecule has 1 aromatic heterocycles. The topological polar surface area (TPSA) is 280 Å². The van der Waals surface area contributed by atoms with E-state index in [1.807, 2.05) is 0 Å². The Kier molecular flexibility index (Phi) is 8.52. The zero-order chi connectivity index (χ0) is 31.3. The van der Waals surface area contributed by atoms with E-state index in [9.17, 15) is 61.0 Å². The van der Waals surface area contributed by atoms with E-state index in [0.29, 0.717) is 0 Å². The zero-order valence-corrected chi connectivity index (χ0v) is 22.0. The van der Waals surface area contributed by atoms with Crippen LogP contribution in [0.5, 0.6) is 23.0 Å². The minimum atomic E-state index is -1.88. The van der Waals surface area contributed by atoms with Gasteiger partial charge >= 0.3 is 0 Å². The normalized spacial score (nSPS) is 33.0.